The number of ether oxygens (including phenoxy) is 1. The molecule has 1 heterocycles. The Hall–Kier alpha value is -2.03. The van der Waals surface area contributed by atoms with Crippen LogP contribution in [0.25, 0.3) is 0 Å². The average molecular weight is 243 g/mol. The van der Waals surface area contributed by atoms with Gasteiger partial charge in [-0.05, 0) is 23.8 Å². The Morgan fingerprint density at radius 1 is 1.17 bits per heavy atom. The zero-order chi connectivity index (χ0) is 12.4. The zero-order valence-electron chi connectivity index (χ0n) is 9.90. The van der Waals surface area contributed by atoms with Gasteiger partial charge in [-0.2, -0.15) is 0 Å². The van der Waals surface area contributed by atoms with Gasteiger partial charge in [0.1, 0.15) is 11.6 Å². The number of hydrogen-bond acceptors (Lipinski definition) is 2. The molecule has 1 aliphatic rings. The van der Waals surface area contributed by atoms with Crippen molar-refractivity contribution in [1.82, 2.24) is 0 Å². The Morgan fingerprint density at radius 2 is 2.06 bits per heavy atom. The standard InChI is InChI=1S/C15H14FNO/c16-12-4-3-5-13(8-12)18-10-11-9-17-15-7-2-1-6-14(11)15/h1-8,11,17H,9-10H2. The highest BCUT2D eigenvalue weighted by molar-refractivity contribution is 5.57. The molecule has 3 heteroatoms. The predicted molar refractivity (Wildman–Crippen MR) is 69.6 cm³/mol. The van der Waals surface area contributed by atoms with Crippen LogP contribution in [0.4, 0.5) is 10.1 Å². The number of nitrogens with one attached hydrogen (secondary N) is 1. The summed E-state index contributed by atoms with van der Waals surface area (Å²) in [5.74, 6) is 0.640. The molecule has 2 nitrogen and oxygen atoms in total. The maximum absolute atomic E-state index is 13.0. The molecule has 0 aliphatic carbocycles. The number of fused-ring (bicyclic) bond motifs is 1. The second kappa shape index (κ2) is 4.69. The van der Waals surface area contributed by atoms with Crippen LogP contribution < -0.4 is 10.1 Å². The topological polar surface area (TPSA) is 21.3 Å². The van der Waals surface area contributed by atoms with Gasteiger partial charge in [0.2, 0.25) is 0 Å². The Kier molecular flexibility index (Phi) is 2.89. The molecule has 1 atom stereocenters. The first-order chi connectivity index (χ1) is 8.83. The fourth-order valence-electron chi connectivity index (χ4n) is 2.26. The molecule has 0 saturated heterocycles. The van der Waals surface area contributed by atoms with Crippen LogP contribution in [0.2, 0.25) is 0 Å². The van der Waals surface area contributed by atoms with E-state index in [1.54, 1.807) is 12.1 Å². The van der Waals surface area contributed by atoms with Crippen LogP contribution in [0.5, 0.6) is 5.75 Å². The zero-order valence-corrected chi connectivity index (χ0v) is 9.90. The summed E-state index contributed by atoms with van der Waals surface area (Å²) in [7, 11) is 0. The smallest absolute Gasteiger partial charge is 0.126 e. The van der Waals surface area contributed by atoms with E-state index in [1.165, 1.54) is 23.4 Å². The van der Waals surface area contributed by atoms with Crippen molar-refractivity contribution in [2.75, 3.05) is 18.5 Å². The summed E-state index contributed by atoms with van der Waals surface area (Å²) < 4.78 is 18.7. The minimum atomic E-state index is -0.266. The van der Waals surface area contributed by atoms with Crippen molar-refractivity contribution in [3.63, 3.8) is 0 Å². The van der Waals surface area contributed by atoms with Crippen molar-refractivity contribution in [2.24, 2.45) is 0 Å². The van der Waals surface area contributed by atoms with Gasteiger partial charge in [-0.3, -0.25) is 0 Å². The second-order valence-corrected chi connectivity index (χ2v) is 4.43. The Labute approximate surface area is 105 Å². The summed E-state index contributed by atoms with van der Waals surface area (Å²) in [6.07, 6.45) is 0. The molecule has 0 fully saturated rings. The van der Waals surface area contributed by atoms with Gasteiger partial charge in [-0.15, -0.1) is 0 Å². The van der Waals surface area contributed by atoms with E-state index >= 15 is 0 Å². The monoisotopic (exact) mass is 243 g/mol. The average Bonchev–Trinajstić information content (AvgIpc) is 2.80. The minimum Gasteiger partial charge on any atom is -0.493 e. The van der Waals surface area contributed by atoms with Gasteiger partial charge in [0.05, 0.1) is 6.61 Å². The number of rotatable bonds is 3. The maximum Gasteiger partial charge on any atom is 0.126 e. The third-order valence-corrected chi connectivity index (χ3v) is 3.19. The molecule has 18 heavy (non-hydrogen) atoms. The van der Waals surface area contributed by atoms with Gasteiger partial charge in [-0.25, -0.2) is 4.39 Å². The fraction of sp³-hybridized carbons (Fsp3) is 0.200. The van der Waals surface area contributed by atoms with Gasteiger partial charge < -0.3 is 10.1 Å². The van der Waals surface area contributed by atoms with E-state index in [4.69, 9.17) is 4.74 Å². The summed E-state index contributed by atoms with van der Waals surface area (Å²) >= 11 is 0. The molecule has 1 aliphatic heterocycles. The van der Waals surface area contributed by atoms with Crippen LogP contribution in [0.1, 0.15) is 11.5 Å². The second-order valence-electron chi connectivity index (χ2n) is 4.43. The van der Waals surface area contributed by atoms with Gasteiger partial charge in [0.15, 0.2) is 0 Å². The lowest BCUT2D eigenvalue weighted by atomic mass is 10.0. The highest BCUT2D eigenvalue weighted by atomic mass is 19.1. The third kappa shape index (κ3) is 2.16. The Bertz CT molecular complexity index is 556. The van der Waals surface area contributed by atoms with Crippen LogP contribution in [0.3, 0.4) is 0 Å². The van der Waals surface area contributed by atoms with Crippen LogP contribution in [-0.4, -0.2) is 13.2 Å². The van der Waals surface area contributed by atoms with Gasteiger partial charge in [0, 0.05) is 24.2 Å². The molecule has 0 amide bonds. The highest BCUT2D eigenvalue weighted by Crippen LogP contribution is 2.31. The third-order valence-electron chi connectivity index (χ3n) is 3.19. The summed E-state index contributed by atoms with van der Waals surface area (Å²) in [5, 5.41) is 3.34. The normalized spacial score (nSPS) is 17.1. The van der Waals surface area contributed by atoms with Crippen molar-refractivity contribution in [2.45, 2.75) is 5.92 Å². The molecule has 3 rings (SSSR count). The van der Waals surface area contributed by atoms with Crippen LogP contribution in [0, 0.1) is 5.82 Å². The minimum absolute atomic E-state index is 0.266. The number of halogens is 1. The summed E-state index contributed by atoms with van der Waals surface area (Å²) in [6.45, 7) is 1.43. The molecule has 0 bridgehead atoms. The molecular formula is C15H14FNO. The van der Waals surface area contributed by atoms with Crippen LogP contribution >= 0.6 is 0 Å². The van der Waals surface area contributed by atoms with E-state index < -0.39 is 0 Å². The number of benzene rings is 2. The molecule has 0 spiro atoms. The Balaban J connectivity index is 1.69. The van der Waals surface area contributed by atoms with Gasteiger partial charge in [0.25, 0.3) is 0 Å². The number of anilines is 1. The summed E-state index contributed by atoms with van der Waals surface area (Å²) in [5.41, 5.74) is 2.44. The van der Waals surface area contributed by atoms with Crippen molar-refractivity contribution < 1.29 is 9.13 Å². The van der Waals surface area contributed by atoms with E-state index in [1.807, 2.05) is 12.1 Å². The molecule has 2 aromatic carbocycles. The van der Waals surface area contributed by atoms with Gasteiger partial charge >= 0.3 is 0 Å². The largest absolute Gasteiger partial charge is 0.493 e. The molecule has 92 valence electrons. The van der Waals surface area contributed by atoms with Crippen LogP contribution in [0.15, 0.2) is 48.5 Å². The highest BCUT2D eigenvalue weighted by Gasteiger charge is 2.21. The predicted octanol–water partition coefficient (Wildman–Crippen LogP) is 3.41. The lowest BCUT2D eigenvalue weighted by molar-refractivity contribution is 0.294. The Morgan fingerprint density at radius 3 is 2.94 bits per heavy atom. The summed E-state index contributed by atoms with van der Waals surface area (Å²) in [6, 6.07) is 14.5. The van der Waals surface area contributed by atoms with Crippen molar-refractivity contribution >= 4 is 5.69 Å². The van der Waals surface area contributed by atoms with E-state index in [-0.39, 0.29) is 5.82 Å². The SMILES string of the molecule is Fc1cccc(OCC2CNc3ccccc32)c1. The molecule has 2 aromatic rings. The summed E-state index contributed by atoms with van der Waals surface area (Å²) in [4.78, 5) is 0. The van der Waals surface area contributed by atoms with E-state index in [0.29, 0.717) is 18.3 Å². The molecule has 0 aromatic heterocycles. The van der Waals surface area contributed by atoms with Crippen molar-refractivity contribution in [3.05, 3.63) is 59.9 Å². The molecule has 0 saturated carbocycles. The molecule has 1 unspecified atom stereocenters. The van der Waals surface area contributed by atoms with Crippen molar-refractivity contribution in [1.29, 1.82) is 0 Å². The van der Waals surface area contributed by atoms with E-state index in [0.717, 1.165) is 6.54 Å². The molecular weight excluding hydrogens is 229 g/mol. The van der Waals surface area contributed by atoms with Crippen LogP contribution in [-0.2, 0) is 0 Å². The first-order valence-corrected chi connectivity index (χ1v) is 6.04. The number of para-hydroxylation sites is 1. The first-order valence-electron chi connectivity index (χ1n) is 6.04. The number of hydrogen-bond donors (Lipinski definition) is 1. The van der Waals surface area contributed by atoms with Crippen molar-refractivity contribution in [3.8, 4) is 5.75 Å². The fourth-order valence-corrected chi connectivity index (χ4v) is 2.26. The lowest BCUT2D eigenvalue weighted by Crippen LogP contribution is -2.12. The lowest BCUT2D eigenvalue weighted by Gasteiger charge is -2.12. The maximum atomic E-state index is 13.0. The van der Waals surface area contributed by atoms with Gasteiger partial charge in [-0.1, -0.05) is 24.3 Å². The van der Waals surface area contributed by atoms with E-state index in [9.17, 15) is 4.39 Å². The first kappa shape index (κ1) is 11.1. The molecule has 0 radical (unpaired) electrons. The quantitative estimate of drug-likeness (QED) is 0.892. The molecule has 1 N–H and O–H groups in total. The van der Waals surface area contributed by atoms with E-state index in [2.05, 4.69) is 17.4 Å².